The molecule has 3 amide bonds. The highest BCUT2D eigenvalue weighted by Gasteiger charge is 2.27. The molecule has 1 aromatic carbocycles. The van der Waals surface area contributed by atoms with Gasteiger partial charge in [0.1, 0.15) is 5.69 Å². The van der Waals surface area contributed by atoms with Gasteiger partial charge in [0.25, 0.3) is 5.91 Å². The molecule has 0 bridgehead atoms. The van der Waals surface area contributed by atoms with E-state index in [1.165, 1.54) is 5.69 Å². The minimum Gasteiger partial charge on any atom is -0.371 e. The Bertz CT molecular complexity index is 784. The Kier molecular flexibility index (Phi) is 5.50. The van der Waals surface area contributed by atoms with Crippen LogP contribution >= 0.6 is 0 Å². The summed E-state index contributed by atoms with van der Waals surface area (Å²) in [7, 11) is 0. The number of amides is 3. The standard InChI is InChI=1S/C21H27N5O2/c27-20(19-7-4-9-22-19)24-11-13-25(14-12-24)21(28)23-15-17-8-10-26(16-17)18-5-2-1-3-6-18/h1-7,9,17,22H,8,10-16H2,(H,23,28)/t17-/m0/s1. The molecule has 7 nitrogen and oxygen atoms in total. The smallest absolute Gasteiger partial charge is 0.317 e. The highest BCUT2D eigenvalue weighted by Crippen LogP contribution is 2.23. The summed E-state index contributed by atoms with van der Waals surface area (Å²) in [5.41, 5.74) is 1.85. The molecule has 0 saturated carbocycles. The molecular formula is C21H27N5O2. The van der Waals surface area contributed by atoms with Crippen molar-refractivity contribution in [3.63, 3.8) is 0 Å². The average molecular weight is 381 g/mol. The first kappa shape index (κ1) is 18.4. The second kappa shape index (κ2) is 8.37. The van der Waals surface area contributed by atoms with Crippen LogP contribution in [0, 0.1) is 5.92 Å². The number of carbonyl (C=O) groups is 2. The Morgan fingerprint density at radius 1 is 0.964 bits per heavy atom. The number of nitrogens with one attached hydrogen (secondary N) is 2. The van der Waals surface area contributed by atoms with Crippen molar-refractivity contribution in [3.05, 3.63) is 54.4 Å². The summed E-state index contributed by atoms with van der Waals surface area (Å²) in [4.78, 5) is 33.8. The summed E-state index contributed by atoms with van der Waals surface area (Å²) >= 11 is 0. The predicted molar refractivity (Wildman–Crippen MR) is 108 cm³/mol. The van der Waals surface area contributed by atoms with E-state index in [0.717, 1.165) is 19.5 Å². The molecule has 2 fully saturated rings. The van der Waals surface area contributed by atoms with Crippen molar-refractivity contribution in [2.45, 2.75) is 6.42 Å². The Morgan fingerprint density at radius 3 is 2.43 bits per heavy atom. The van der Waals surface area contributed by atoms with Gasteiger partial charge in [-0.1, -0.05) is 18.2 Å². The van der Waals surface area contributed by atoms with E-state index < -0.39 is 0 Å². The molecule has 0 radical (unpaired) electrons. The van der Waals surface area contributed by atoms with Gasteiger partial charge >= 0.3 is 6.03 Å². The van der Waals surface area contributed by atoms with Crippen molar-refractivity contribution in [2.24, 2.45) is 5.92 Å². The van der Waals surface area contributed by atoms with Gasteiger partial charge in [-0.3, -0.25) is 4.79 Å². The number of aromatic nitrogens is 1. The molecule has 7 heteroatoms. The largest absolute Gasteiger partial charge is 0.371 e. The number of carbonyl (C=O) groups excluding carboxylic acids is 2. The van der Waals surface area contributed by atoms with E-state index in [1.54, 1.807) is 17.2 Å². The van der Waals surface area contributed by atoms with Gasteiger partial charge in [-0.25, -0.2) is 4.79 Å². The third kappa shape index (κ3) is 4.13. The summed E-state index contributed by atoms with van der Waals surface area (Å²) in [5, 5.41) is 3.09. The van der Waals surface area contributed by atoms with Gasteiger partial charge in [0.05, 0.1) is 0 Å². The Labute approximate surface area is 165 Å². The number of rotatable bonds is 4. The molecule has 0 spiro atoms. The number of benzene rings is 1. The van der Waals surface area contributed by atoms with Crippen molar-refractivity contribution in [1.29, 1.82) is 0 Å². The van der Waals surface area contributed by atoms with Gasteiger partial charge in [-0.15, -0.1) is 0 Å². The van der Waals surface area contributed by atoms with Crippen molar-refractivity contribution < 1.29 is 9.59 Å². The van der Waals surface area contributed by atoms with E-state index in [-0.39, 0.29) is 11.9 Å². The minimum atomic E-state index is -0.0230. The monoisotopic (exact) mass is 381 g/mol. The number of para-hydroxylation sites is 1. The molecule has 2 saturated heterocycles. The molecule has 0 aliphatic carbocycles. The zero-order valence-corrected chi connectivity index (χ0v) is 16.0. The lowest BCUT2D eigenvalue weighted by atomic mass is 10.1. The molecule has 3 heterocycles. The van der Waals surface area contributed by atoms with E-state index in [9.17, 15) is 9.59 Å². The van der Waals surface area contributed by atoms with Crippen LogP contribution in [0.1, 0.15) is 16.9 Å². The predicted octanol–water partition coefficient (Wildman–Crippen LogP) is 2.01. The number of H-pyrrole nitrogens is 1. The number of urea groups is 1. The minimum absolute atomic E-state index is 0.00276. The Morgan fingerprint density at radius 2 is 1.71 bits per heavy atom. The molecule has 2 aromatic rings. The molecule has 0 unspecified atom stereocenters. The van der Waals surface area contributed by atoms with E-state index in [2.05, 4.69) is 39.5 Å². The molecule has 2 aliphatic heterocycles. The van der Waals surface area contributed by atoms with E-state index in [0.29, 0.717) is 44.3 Å². The van der Waals surface area contributed by atoms with Crippen molar-refractivity contribution in [1.82, 2.24) is 20.1 Å². The van der Waals surface area contributed by atoms with Crippen molar-refractivity contribution in [2.75, 3.05) is 50.7 Å². The molecular weight excluding hydrogens is 354 g/mol. The maximum Gasteiger partial charge on any atom is 0.317 e. The maximum absolute atomic E-state index is 12.5. The molecule has 2 N–H and O–H groups in total. The number of anilines is 1. The summed E-state index contributed by atoms with van der Waals surface area (Å²) in [6, 6.07) is 14.0. The molecule has 1 aromatic heterocycles. The summed E-state index contributed by atoms with van der Waals surface area (Å²) < 4.78 is 0. The fourth-order valence-corrected chi connectivity index (χ4v) is 3.96. The Balaban J connectivity index is 1.20. The SMILES string of the molecule is O=C(NC[C@@H]1CCN(c2ccccc2)C1)N1CCN(C(=O)c2ccc[nH]2)CC1. The number of nitrogens with zero attached hydrogens (tertiary/aromatic N) is 3. The highest BCUT2D eigenvalue weighted by atomic mass is 16.2. The number of piperazine rings is 1. The number of aromatic amines is 1. The van der Waals surface area contributed by atoms with Gasteiger partial charge in [0, 0.05) is 57.7 Å². The maximum atomic E-state index is 12.5. The van der Waals surface area contributed by atoms with Crippen molar-refractivity contribution in [3.8, 4) is 0 Å². The summed E-state index contributed by atoms with van der Waals surface area (Å²) in [6.45, 7) is 4.97. The lowest BCUT2D eigenvalue weighted by Crippen LogP contribution is -2.53. The van der Waals surface area contributed by atoms with Gasteiger partial charge in [0.2, 0.25) is 0 Å². The quantitative estimate of drug-likeness (QED) is 0.851. The topological polar surface area (TPSA) is 71.7 Å². The van der Waals surface area contributed by atoms with Crippen LogP contribution in [-0.2, 0) is 0 Å². The summed E-state index contributed by atoms with van der Waals surface area (Å²) in [5.74, 6) is 0.469. The zero-order valence-electron chi connectivity index (χ0n) is 16.0. The van der Waals surface area contributed by atoms with Gasteiger partial charge in [-0.05, 0) is 36.6 Å². The number of hydrogen-bond donors (Lipinski definition) is 2. The molecule has 1 atom stereocenters. The first-order valence-corrected chi connectivity index (χ1v) is 9.96. The van der Waals surface area contributed by atoms with E-state index >= 15 is 0 Å². The van der Waals surface area contributed by atoms with E-state index in [1.807, 2.05) is 17.0 Å². The van der Waals surface area contributed by atoms with Crippen LogP contribution in [0.3, 0.4) is 0 Å². The fraction of sp³-hybridized carbons (Fsp3) is 0.429. The second-order valence-electron chi connectivity index (χ2n) is 7.49. The zero-order chi connectivity index (χ0) is 19.3. The highest BCUT2D eigenvalue weighted by molar-refractivity contribution is 5.92. The van der Waals surface area contributed by atoms with Crippen LogP contribution in [0.4, 0.5) is 10.5 Å². The van der Waals surface area contributed by atoms with Crippen LogP contribution in [0.25, 0.3) is 0 Å². The molecule has 148 valence electrons. The molecule has 2 aliphatic rings. The second-order valence-corrected chi connectivity index (χ2v) is 7.49. The molecule has 4 rings (SSSR count). The van der Waals surface area contributed by atoms with Gasteiger partial charge < -0.3 is 25.0 Å². The first-order valence-electron chi connectivity index (χ1n) is 9.96. The Hall–Kier alpha value is -2.96. The summed E-state index contributed by atoms with van der Waals surface area (Å²) in [6.07, 6.45) is 2.84. The first-order chi connectivity index (χ1) is 13.7. The lowest BCUT2D eigenvalue weighted by Gasteiger charge is -2.34. The van der Waals surface area contributed by atoms with Gasteiger partial charge in [-0.2, -0.15) is 0 Å². The van der Waals surface area contributed by atoms with Crippen molar-refractivity contribution >= 4 is 17.6 Å². The average Bonchev–Trinajstić information content (AvgIpc) is 3.44. The lowest BCUT2D eigenvalue weighted by molar-refractivity contribution is 0.0659. The van der Waals surface area contributed by atoms with Crippen LogP contribution in [-0.4, -0.2) is 72.5 Å². The third-order valence-corrected chi connectivity index (χ3v) is 5.63. The van der Waals surface area contributed by atoms with Gasteiger partial charge in [0.15, 0.2) is 0 Å². The van der Waals surface area contributed by atoms with Crippen LogP contribution in [0.2, 0.25) is 0 Å². The van der Waals surface area contributed by atoms with E-state index in [4.69, 9.17) is 0 Å². The normalized spacial score (nSPS) is 19.7. The van der Waals surface area contributed by atoms with Crippen LogP contribution in [0.15, 0.2) is 48.7 Å². The third-order valence-electron chi connectivity index (χ3n) is 5.63. The fourth-order valence-electron chi connectivity index (χ4n) is 3.96. The molecule has 28 heavy (non-hydrogen) atoms. The van der Waals surface area contributed by atoms with Crippen LogP contribution in [0.5, 0.6) is 0 Å². The number of hydrogen-bond acceptors (Lipinski definition) is 3. The van der Waals surface area contributed by atoms with Crippen LogP contribution < -0.4 is 10.2 Å².